The first kappa shape index (κ1) is 25.3. The van der Waals surface area contributed by atoms with E-state index in [0.29, 0.717) is 11.5 Å². The van der Waals surface area contributed by atoms with Crippen LogP contribution in [-0.2, 0) is 14.4 Å². The van der Waals surface area contributed by atoms with Gasteiger partial charge in [-0.1, -0.05) is 20.8 Å². The van der Waals surface area contributed by atoms with E-state index >= 15 is 0 Å². The van der Waals surface area contributed by atoms with Crippen molar-refractivity contribution < 1.29 is 42.5 Å². The molecule has 0 aliphatic rings. The van der Waals surface area contributed by atoms with E-state index in [1.807, 2.05) is 0 Å². The average Bonchev–Trinajstić information content (AvgIpc) is 2.84. The standard InChI is InChI=1S/C25H24O10/c1-5-19(27)31-14-8-10-15(11-9-14)32-22-12-16(26)23-17(34-22)13-18(33-20(28)6-2)24(30-4)25(23)35-21(29)7-3/h8-13H,5-7H2,1-4H3. The number of hydrogen-bond acceptors (Lipinski definition) is 10. The van der Waals surface area contributed by atoms with E-state index in [0.717, 1.165) is 6.07 Å². The maximum atomic E-state index is 13.0. The van der Waals surface area contributed by atoms with Gasteiger partial charge < -0.3 is 28.1 Å². The Bertz CT molecular complexity index is 1300. The molecule has 35 heavy (non-hydrogen) atoms. The third-order valence-electron chi connectivity index (χ3n) is 4.66. The zero-order chi connectivity index (χ0) is 25.5. The first-order chi connectivity index (χ1) is 16.8. The highest BCUT2D eigenvalue weighted by Crippen LogP contribution is 2.43. The number of esters is 3. The Morgan fingerprint density at radius 3 is 1.94 bits per heavy atom. The van der Waals surface area contributed by atoms with Gasteiger partial charge >= 0.3 is 17.9 Å². The molecule has 10 heteroatoms. The van der Waals surface area contributed by atoms with Gasteiger partial charge in [-0.3, -0.25) is 19.2 Å². The van der Waals surface area contributed by atoms with Gasteiger partial charge in [-0.05, 0) is 24.3 Å². The largest absolute Gasteiger partial charge is 0.490 e. The van der Waals surface area contributed by atoms with Gasteiger partial charge in [0.25, 0.3) is 5.95 Å². The molecule has 0 radical (unpaired) electrons. The molecule has 184 valence electrons. The van der Waals surface area contributed by atoms with E-state index in [1.54, 1.807) is 20.8 Å². The van der Waals surface area contributed by atoms with Gasteiger partial charge in [-0.2, -0.15) is 0 Å². The van der Waals surface area contributed by atoms with Crippen LogP contribution in [0, 0.1) is 0 Å². The van der Waals surface area contributed by atoms with E-state index < -0.39 is 17.4 Å². The molecular formula is C25H24O10. The van der Waals surface area contributed by atoms with Crippen LogP contribution in [0.4, 0.5) is 0 Å². The molecule has 3 rings (SSSR count). The highest BCUT2D eigenvalue weighted by Gasteiger charge is 2.25. The molecule has 10 nitrogen and oxygen atoms in total. The van der Waals surface area contributed by atoms with Crippen LogP contribution in [0.25, 0.3) is 11.0 Å². The Morgan fingerprint density at radius 1 is 0.771 bits per heavy atom. The minimum absolute atomic E-state index is 0.0275. The molecule has 0 unspecified atom stereocenters. The smallest absolute Gasteiger partial charge is 0.311 e. The van der Waals surface area contributed by atoms with Crippen molar-refractivity contribution in [3.05, 3.63) is 46.6 Å². The molecule has 0 atom stereocenters. The second kappa shape index (κ2) is 11.2. The fourth-order valence-electron chi connectivity index (χ4n) is 2.92. The fourth-order valence-corrected chi connectivity index (χ4v) is 2.92. The zero-order valence-electron chi connectivity index (χ0n) is 19.7. The van der Waals surface area contributed by atoms with Crippen molar-refractivity contribution in [3.8, 4) is 34.7 Å². The molecule has 1 aromatic heterocycles. The maximum absolute atomic E-state index is 13.0. The van der Waals surface area contributed by atoms with E-state index in [1.165, 1.54) is 37.4 Å². The molecule has 0 saturated heterocycles. The highest BCUT2D eigenvalue weighted by molar-refractivity contribution is 5.92. The lowest BCUT2D eigenvalue weighted by atomic mass is 10.1. The second-order valence-corrected chi connectivity index (χ2v) is 7.10. The summed E-state index contributed by atoms with van der Waals surface area (Å²) in [6.45, 7) is 4.87. The summed E-state index contributed by atoms with van der Waals surface area (Å²) in [5.41, 5.74) is -0.639. The molecule has 0 aliphatic carbocycles. The zero-order valence-corrected chi connectivity index (χ0v) is 19.7. The van der Waals surface area contributed by atoms with Crippen LogP contribution < -0.4 is 29.1 Å². The minimum Gasteiger partial charge on any atom is -0.490 e. The SMILES string of the molecule is CCC(=O)Oc1ccc(Oc2cc(=O)c3c(OC(=O)CC)c(OC)c(OC(=O)CC)cc3o2)cc1. The number of benzene rings is 2. The molecule has 0 bridgehead atoms. The van der Waals surface area contributed by atoms with Gasteiger partial charge in [0.2, 0.25) is 11.2 Å². The lowest BCUT2D eigenvalue weighted by molar-refractivity contribution is -0.135. The summed E-state index contributed by atoms with van der Waals surface area (Å²) < 4.78 is 32.4. The summed E-state index contributed by atoms with van der Waals surface area (Å²) in [7, 11) is 1.29. The van der Waals surface area contributed by atoms with Crippen molar-refractivity contribution in [2.75, 3.05) is 7.11 Å². The van der Waals surface area contributed by atoms with Crippen LogP contribution in [0.3, 0.4) is 0 Å². The van der Waals surface area contributed by atoms with Gasteiger partial charge in [0, 0.05) is 25.3 Å². The minimum atomic E-state index is -0.632. The van der Waals surface area contributed by atoms with Crippen LogP contribution in [0.2, 0.25) is 0 Å². The number of carbonyl (C=O) groups is 3. The summed E-state index contributed by atoms with van der Waals surface area (Å²) in [5.74, 6) is -1.54. The lowest BCUT2D eigenvalue weighted by Crippen LogP contribution is -2.13. The Kier molecular flexibility index (Phi) is 8.08. The van der Waals surface area contributed by atoms with Crippen molar-refractivity contribution in [2.24, 2.45) is 0 Å². The number of fused-ring (bicyclic) bond motifs is 1. The maximum Gasteiger partial charge on any atom is 0.311 e. The summed E-state index contributed by atoms with van der Waals surface area (Å²) in [6, 6.07) is 8.47. The van der Waals surface area contributed by atoms with Crippen LogP contribution in [-0.4, -0.2) is 25.0 Å². The number of methoxy groups -OCH3 is 1. The monoisotopic (exact) mass is 484 g/mol. The predicted molar refractivity (Wildman–Crippen MR) is 123 cm³/mol. The van der Waals surface area contributed by atoms with Gasteiger partial charge in [-0.15, -0.1) is 0 Å². The van der Waals surface area contributed by atoms with Crippen molar-refractivity contribution in [2.45, 2.75) is 40.0 Å². The third-order valence-corrected chi connectivity index (χ3v) is 4.66. The summed E-state index contributed by atoms with van der Waals surface area (Å²) >= 11 is 0. The van der Waals surface area contributed by atoms with Crippen LogP contribution >= 0.6 is 0 Å². The molecular weight excluding hydrogens is 460 g/mol. The number of rotatable bonds is 9. The van der Waals surface area contributed by atoms with Gasteiger partial charge in [0.15, 0.2) is 11.5 Å². The van der Waals surface area contributed by atoms with Crippen molar-refractivity contribution in [3.63, 3.8) is 0 Å². The van der Waals surface area contributed by atoms with Crippen LogP contribution in [0.5, 0.6) is 34.7 Å². The third kappa shape index (κ3) is 5.97. The normalized spacial score (nSPS) is 10.5. The molecule has 0 saturated carbocycles. The Balaban J connectivity index is 2.06. The lowest BCUT2D eigenvalue weighted by Gasteiger charge is -2.15. The van der Waals surface area contributed by atoms with Crippen molar-refractivity contribution >= 4 is 28.9 Å². The molecule has 0 spiro atoms. The van der Waals surface area contributed by atoms with Gasteiger partial charge in [0.1, 0.15) is 22.5 Å². The first-order valence-electron chi connectivity index (χ1n) is 10.9. The molecule has 0 fully saturated rings. The summed E-state index contributed by atoms with van der Waals surface area (Å²) in [5, 5.41) is -0.0888. The first-order valence-corrected chi connectivity index (χ1v) is 10.9. The number of ether oxygens (including phenoxy) is 5. The highest BCUT2D eigenvalue weighted by atomic mass is 16.6. The van der Waals surface area contributed by atoms with E-state index in [-0.39, 0.29) is 59.4 Å². The Hall–Kier alpha value is -4.34. The van der Waals surface area contributed by atoms with Crippen molar-refractivity contribution in [1.82, 2.24) is 0 Å². The topological polar surface area (TPSA) is 128 Å². The van der Waals surface area contributed by atoms with Crippen LogP contribution in [0.15, 0.2) is 45.6 Å². The number of carbonyl (C=O) groups excluding carboxylic acids is 3. The quantitative estimate of drug-likeness (QED) is 0.315. The Labute approximate surface area is 200 Å². The molecule has 0 aliphatic heterocycles. The van der Waals surface area contributed by atoms with E-state index in [4.69, 9.17) is 28.1 Å². The van der Waals surface area contributed by atoms with Crippen LogP contribution in [0.1, 0.15) is 40.0 Å². The van der Waals surface area contributed by atoms with Gasteiger partial charge in [0.05, 0.1) is 13.2 Å². The fraction of sp³-hybridized carbons (Fsp3) is 0.280. The second-order valence-electron chi connectivity index (χ2n) is 7.10. The summed E-state index contributed by atoms with van der Waals surface area (Å²) in [4.78, 5) is 48.4. The molecule has 0 N–H and O–H groups in total. The van der Waals surface area contributed by atoms with E-state index in [2.05, 4.69) is 0 Å². The summed E-state index contributed by atoms with van der Waals surface area (Å²) in [6.07, 6.45) is 0.331. The molecule has 1 heterocycles. The Morgan fingerprint density at radius 2 is 1.34 bits per heavy atom. The predicted octanol–water partition coefficient (Wildman–Crippen LogP) is 4.54. The molecule has 0 amide bonds. The van der Waals surface area contributed by atoms with Crippen molar-refractivity contribution in [1.29, 1.82) is 0 Å². The molecule has 2 aromatic carbocycles. The van der Waals surface area contributed by atoms with Gasteiger partial charge in [-0.25, -0.2) is 0 Å². The average molecular weight is 484 g/mol. The molecule has 3 aromatic rings. The number of hydrogen-bond donors (Lipinski definition) is 0. The van der Waals surface area contributed by atoms with E-state index in [9.17, 15) is 19.2 Å².